The van der Waals surface area contributed by atoms with E-state index in [-0.39, 0.29) is 5.75 Å². The van der Waals surface area contributed by atoms with Crippen molar-refractivity contribution in [2.45, 2.75) is 31.5 Å². The van der Waals surface area contributed by atoms with Crippen molar-refractivity contribution in [2.75, 3.05) is 31.6 Å². The predicted molar refractivity (Wildman–Crippen MR) is 69.4 cm³/mol. The van der Waals surface area contributed by atoms with Crippen LogP contribution < -0.4 is 0 Å². The summed E-state index contributed by atoms with van der Waals surface area (Å²) < 4.78 is 22.4. The molecule has 15 heavy (non-hydrogen) atoms. The van der Waals surface area contributed by atoms with E-state index in [1.54, 1.807) is 6.92 Å². The highest BCUT2D eigenvalue weighted by molar-refractivity contribution is 9.09. The topological polar surface area (TPSA) is 37.4 Å². The third-order valence-electron chi connectivity index (χ3n) is 2.34. The Balaban J connectivity index is 3.59. The van der Waals surface area contributed by atoms with E-state index in [4.69, 9.17) is 0 Å². The zero-order valence-corrected chi connectivity index (χ0v) is 12.3. The Morgan fingerprint density at radius 1 is 1.33 bits per heavy atom. The van der Waals surface area contributed by atoms with Gasteiger partial charge in [-0.05, 0) is 33.0 Å². The van der Waals surface area contributed by atoms with Crippen LogP contribution in [0.25, 0.3) is 0 Å². The summed E-state index contributed by atoms with van der Waals surface area (Å²) in [5, 5.41) is 0. The Morgan fingerprint density at radius 3 is 2.40 bits per heavy atom. The predicted octanol–water partition coefficient (Wildman–Crippen LogP) is 1.92. The van der Waals surface area contributed by atoms with Gasteiger partial charge in [-0.2, -0.15) is 0 Å². The van der Waals surface area contributed by atoms with Gasteiger partial charge in [0.05, 0.1) is 5.75 Å². The van der Waals surface area contributed by atoms with Crippen LogP contribution in [0.5, 0.6) is 0 Å². The molecular weight excluding hydrogens is 278 g/mol. The van der Waals surface area contributed by atoms with Crippen LogP contribution in [-0.2, 0) is 9.84 Å². The summed E-state index contributed by atoms with van der Waals surface area (Å²) in [6.45, 7) is 5.69. The van der Waals surface area contributed by atoms with Crippen LogP contribution in [0, 0.1) is 0 Å². The molecule has 0 saturated heterocycles. The minimum absolute atomic E-state index is 0.259. The van der Waals surface area contributed by atoms with E-state index < -0.39 is 9.84 Å². The molecule has 1 unspecified atom stereocenters. The zero-order chi connectivity index (χ0) is 11.9. The van der Waals surface area contributed by atoms with Crippen molar-refractivity contribution in [3.05, 3.63) is 0 Å². The summed E-state index contributed by atoms with van der Waals surface area (Å²) in [6.07, 6.45) is 1.83. The Hall–Kier alpha value is 0.390. The normalized spacial score (nSPS) is 14.5. The van der Waals surface area contributed by atoms with Gasteiger partial charge in [0, 0.05) is 10.6 Å². The van der Waals surface area contributed by atoms with Crippen LogP contribution in [0.3, 0.4) is 0 Å². The summed E-state index contributed by atoms with van der Waals surface area (Å²) in [5.74, 6) is 0.576. The van der Waals surface area contributed by atoms with Crippen molar-refractivity contribution in [3.8, 4) is 0 Å². The molecule has 0 aromatic rings. The Labute approximate surface area is 102 Å². The van der Waals surface area contributed by atoms with E-state index in [0.29, 0.717) is 10.6 Å². The van der Waals surface area contributed by atoms with E-state index in [1.807, 2.05) is 7.05 Å². The van der Waals surface area contributed by atoms with Crippen molar-refractivity contribution < 1.29 is 8.42 Å². The lowest BCUT2D eigenvalue weighted by Crippen LogP contribution is -2.24. The number of hydrogen-bond acceptors (Lipinski definition) is 3. The maximum absolute atomic E-state index is 11.2. The number of alkyl halides is 1. The molecule has 5 heteroatoms. The molecule has 0 bridgehead atoms. The minimum atomic E-state index is -2.78. The Bertz CT molecular complexity index is 252. The van der Waals surface area contributed by atoms with Crippen LogP contribution in [0.1, 0.15) is 26.7 Å². The molecule has 1 atom stereocenters. The SMILES string of the molecule is CCS(=O)(=O)CCCN(C)CCC(C)Br. The Morgan fingerprint density at radius 2 is 1.93 bits per heavy atom. The van der Waals surface area contributed by atoms with Gasteiger partial charge < -0.3 is 4.90 Å². The summed E-state index contributed by atoms with van der Waals surface area (Å²) in [4.78, 5) is 2.71. The molecule has 0 heterocycles. The number of hydrogen-bond donors (Lipinski definition) is 0. The molecular formula is C10H22BrNO2S. The zero-order valence-electron chi connectivity index (χ0n) is 9.87. The largest absolute Gasteiger partial charge is 0.306 e. The summed E-state index contributed by atoms with van der Waals surface area (Å²) in [5.41, 5.74) is 0. The van der Waals surface area contributed by atoms with Gasteiger partial charge in [0.25, 0.3) is 0 Å². The third kappa shape index (κ3) is 9.33. The molecule has 0 aromatic heterocycles. The number of halogens is 1. The van der Waals surface area contributed by atoms with E-state index in [0.717, 1.165) is 25.9 Å². The molecule has 0 saturated carbocycles. The van der Waals surface area contributed by atoms with Crippen molar-refractivity contribution in [1.29, 1.82) is 0 Å². The van der Waals surface area contributed by atoms with E-state index in [2.05, 4.69) is 27.8 Å². The quantitative estimate of drug-likeness (QED) is 0.643. The molecule has 0 aliphatic carbocycles. The first-order valence-corrected chi connectivity index (χ1v) is 8.14. The second-order valence-corrected chi connectivity index (χ2v) is 8.00. The fourth-order valence-electron chi connectivity index (χ4n) is 1.21. The van der Waals surface area contributed by atoms with Gasteiger partial charge >= 0.3 is 0 Å². The third-order valence-corrected chi connectivity index (χ3v) is 4.59. The monoisotopic (exact) mass is 299 g/mol. The molecule has 0 radical (unpaired) electrons. The van der Waals surface area contributed by atoms with Gasteiger partial charge in [-0.15, -0.1) is 0 Å². The molecule has 0 aromatic carbocycles. The lowest BCUT2D eigenvalue weighted by Gasteiger charge is -2.16. The molecule has 0 fully saturated rings. The number of sulfone groups is 1. The van der Waals surface area contributed by atoms with Gasteiger partial charge in [0.15, 0.2) is 0 Å². The second-order valence-electron chi connectivity index (χ2n) is 3.96. The lowest BCUT2D eigenvalue weighted by molar-refractivity contribution is 0.331. The van der Waals surface area contributed by atoms with Gasteiger partial charge in [-0.1, -0.05) is 29.8 Å². The molecule has 0 spiro atoms. The summed E-state index contributed by atoms with van der Waals surface area (Å²) in [7, 11) is -0.747. The number of rotatable bonds is 8. The van der Waals surface area contributed by atoms with Gasteiger partial charge in [0.1, 0.15) is 9.84 Å². The fraction of sp³-hybridized carbons (Fsp3) is 1.00. The molecule has 3 nitrogen and oxygen atoms in total. The smallest absolute Gasteiger partial charge is 0.150 e. The molecule has 92 valence electrons. The van der Waals surface area contributed by atoms with E-state index >= 15 is 0 Å². The van der Waals surface area contributed by atoms with Crippen molar-refractivity contribution >= 4 is 25.8 Å². The van der Waals surface area contributed by atoms with E-state index in [9.17, 15) is 8.42 Å². The molecule has 0 aliphatic rings. The number of nitrogens with zero attached hydrogens (tertiary/aromatic N) is 1. The fourth-order valence-corrected chi connectivity index (χ4v) is 2.27. The summed E-state index contributed by atoms with van der Waals surface area (Å²) >= 11 is 3.49. The average molecular weight is 300 g/mol. The van der Waals surface area contributed by atoms with Crippen LogP contribution in [0.4, 0.5) is 0 Å². The molecule has 0 amide bonds. The average Bonchev–Trinajstić information content (AvgIpc) is 2.14. The maximum Gasteiger partial charge on any atom is 0.150 e. The van der Waals surface area contributed by atoms with Crippen molar-refractivity contribution in [3.63, 3.8) is 0 Å². The standard InChI is InChI=1S/C10H22BrNO2S/c1-4-15(13,14)9-5-7-12(3)8-6-10(2)11/h10H,4-9H2,1-3H3. The molecule has 0 aliphatic heterocycles. The van der Waals surface area contributed by atoms with Gasteiger partial charge in [-0.25, -0.2) is 8.42 Å². The molecule has 0 N–H and O–H groups in total. The minimum Gasteiger partial charge on any atom is -0.306 e. The van der Waals surface area contributed by atoms with E-state index in [1.165, 1.54) is 0 Å². The lowest BCUT2D eigenvalue weighted by atomic mass is 10.3. The van der Waals surface area contributed by atoms with Crippen molar-refractivity contribution in [2.24, 2.45) is 0 Å². The second kappa shape index (κ2) is 7.63. The molecule has 0 rings (SSSR count). The van der Waals surface area contributed by atoms with Gasteiger partial charge in [0.2, 0.25) is 0 Å². The first kappa shape index (κ1) is 15.4. The highest BCUT2D eigenvalue weighted by atomic mass is 79.9. The first-order chi connectivity index (χ1) is 6.87. The first-order valence-electron chi connectivity index (χ1n) is 5.40. The Kier molecular flexibility index (Phi) is 7.83. The highest BCUT2D eigenvalue weighted by Gasteiger charge is 2.08. The van der Waals surface area contributed by atoms with Gasteiger partial charge in [-0.3, -0.25) is 0 Å². The highest BCUT2D eigenvalue weighted by Crippen LogP contribution is 2.04. The van der Waals surface area contributed by atoms with Crippen LogP contribution in [-0.4, -0.2) is 49.8 Å². The van der Waals surface area contributed by atoms with Crippen molar-refractivity contribution in [1.82, 2.24) is 4.90 Å². The van der Waals surface area contributed by atoms with Crippen LogP contribution >= 0.6 is 15.9 Å². The van der Waals surface area contributed by atoms with Crippen LogP contribution in [0.2, 0.25) is 0 Å². The maximum atomic E-state index is 11.2. The van der Waals surface area contributed by atoms with Crippen LogP contribution in [0.15, 0.2) is 0 Å². The summed E-state index contributed by atoms with van der Waals surface area (Å²) in [6, 6.07) is 0.